The molecule has 0 unspecified atom stereocenters. The van der Waals surface area contributed by atoms with Crippen LogP contribution in [0.25, 0.3) is 0 Å². The molecule has 1 aromatic rings. The van der Waals surface area contributed by atoms with Gasteiger partial charge >= 0.3 is 5.97 Å². The Kier molecular flexibility index (Phi) is 4.32. The van der Waals surface area contributed by atoms with E-state index in [1.54, 1.807) is 0 Å². The molecule has 1 aromatic heterocycles. The Hall–Kier alpha value is -0.970. The van der Waals surface area contributed by atoms with E-state index in [0.717, 1.165) is 16.8 Å². The number of aryl methyl sites for hydroxylation is 1. The molecular weight excluding hydrogens is 248 g/mol. The third-order valence-corrected chi connectivity index (χ3v) is 4.57. The maximum atomic E-state index is 10.7. The molecule has 1 saturated carbocycles. The zero-order chi connectivity index (χ0) is 13.1. The maximum Gasteiger partial charge on any atom is 0.313 e. The Labute approximate surface area is 112 Å². The van der Waals surface area contributed by atoms with Crippen molar-refractivity contribution in [2.75, 3.05) is 5.75 Å². The molecule has 2 rings (SSSR count). The fourth-order valence-electron chi connectivity index (χ4n) is 2.60. The lowest BCUT2D eigenvalue weighted by Gasteiger charge is -2.29. The summed E-state index contributed by atoms with van der Waals surface area (Å²) in [6, 6.07) is 0.500. The van der Waals surface area contributed by atoms with Gasteiger partial charge in [0.25, 0.3) is 0 Å². The monoisotopic (exact) mass is 268 g/mol. The van der Waals surface area contributed by atoms with E-state index >= 15 is 0 Å². The second-order valence-corrected chi connectivity index (χ2v) is 6.09. The molecule has 0 spiro atoms. The number of aliphatic carboxylic acids is 1. The first-order valence-electron chi connectivity index (χ1n) is 6.46. The average molecular weight is 268 g/mol. The van der Waals surface area contributed by atoms with Gasteiger partial charge in [-0.1, -0.05) is 18.7 Å². The van der Waals surface area contributed by atoms with Crippen molar-refractivity contribution in [2.24, 2.45) is 5.92 Å². The number of hydrogen-bond acceptors (Lipinski definition) is 3. The lowest BCUT2D eigenvalue weighted by molar-refractivity contribution is -0.133. The number of aromatic nitrogens is 2. The van der Waals surface area contributed by atoms with E-state index in [1.807, 2.05) is 6.20 Å². The molecule has 1 fully saturated rings. The summed E-state index contributed by atoms with van der Waals surface area (Å²) < 4.78 is 2.24. The molecule has 18 heavy (non-hydrogen) atoms. The molecule has 0 radical (unpaired) electrons. The average Bonchev–Trinajstić information content (AvgIpc) is 2.69. The standard InChI is InChI=1S/C13H20N2O2S/c1-9-3-5-11(6-4-9)15-10(2)7-14-13(15)18-8-12(16)17/h7,9,11H,3-6,8H2,1-2H3,(H,16,17). The molecule has 0 bridgehead atoms. The van der Waals surface area contributed by atoms with Gasteiger partial charge in [-0.15, -0.1) is 0 Å². The molecule has 1 N–H and O–H groups in total. The van der Waals surface area contributed by atoms with Crippen LogP contribution in [0.5, 0.6) is 0 Å². The van der Waals surface area contributed by atoms with Crippen LogP contribution in [0.1, 0.15) is 44.3 Å². The first-order chi connectivity index (χ1) is 8.58. The molecule has 0 aliphatic heterocycles. The van der Waals surface area contributed by atoms with Crippen molar-refractivity contribution in [2.45, 2.75) is 50.7 Å². The number of hydrogen-bond donors (Lipinski definition) is 1. The predicted octanol–water partition coefficient (Wildman–Crippen LogP) is 3.12. The number of carboxylic acids is 1. The molecule has 1 aliphatic carbocycles. The van der Waals surface area contributed by atoms with Gasteiger partial charge in [-0.2, -0.15) is 0 Å². The number of carbonyl (C=O) groups is 1. The van der Waals surface area contributed by atoms with Gasteiger partial charge in [0.1, 0.15) is 0 Å². The summed E-state index contributed by atoms with van der Waals surface area (Å²) in [4.78, 5) is 15.0. The van der Waals surface area contributed by atoms with Crippen LogP contribution in [0.3, 0.4) is 0 Å². The number of rotatable bonds is 4. The van der Waals surface area contributed by atoms with E-state index in [-0.39, 0.29) is 5.75 Å². The van der Waals surface area contributed by atoms with Gasteiger partial charge in [-0.3, -0.25) is 4.79 Å². The van der Waals surface area contributed by atoms with E-state index in [2.05, 4.69) is 23.4 Å². The van der Waals surface area contributed by atoms with Crippen molar-refractivity contribution in [3.8, 4) is 0 Å². The number of thioether (sulfide) groups is 1. The molecule has 100 valence electrons. The summed E-state index contributed by atoms with van der Waals surface area (Å²) in [7, 11) is 0. The first kappa shape index (κ1) is 13.5. The van der Waals surface area contributed by atoms with Gasteiger partial charge in [0.05, 0.1) is 5.75 Å². The molecule has 0 aromatic carbocycles. The van der Waals surface area contributed by atoms with Gasteiger partial charge < -0.3 is 9.67 Å². The summed E-state index contributed by atoms with van der Waals surface area (Å²) in [5, 5.41) is 9.62. The SMILES string of the molecule is Cc1cnc(SCC(=O)O)n1C1CCC(C)CC1. The molecule has 0 amide bonds. The van der Waals surface area contributed by atoms with Crippen LogP contribution in [-0.2, 0) is 4.79 Å². The molecule has 4 nitrogen and oxygen atoms in total. The summed E-state index contributed by atoms with van der Waals surface area (Å²) in [6.07, 6.45) is 6.72. The van der Waals surface area contributed by atoms with Gasteiger partial charge in [0.15, 0.2) is 5.16 Å². The van der Waals surface area contributed by atoms with Crippen molar-refractivity contribution in [1.29, 1.82) is 0 Å². The van der Waals surface area contributed by atoms with Crippen LogP contribution >= 0.6 is 11.8 Å². The minimum Gasteiger partial charge on any atom is -0.481 e. The third kappa shape index (κ3) is 3.07. The van der Waals surface area contributed by atoms with Crippen molar-refractivity contribution >= 4 is 17.7 Å². The molecule has 5 heteroatoms. The van der Waals surface area contributed by atoms with Gasteiger partial charge in [-0.25, -0.2) is 4.98 Å². The molecule has 1 heterocycles. The number of nitrogens with zero attached hydrogens (tertiary/aromatic N) is 2. The largest absolute Gasteiger partial charge is 0.481 e. The summed E-state index contributed by atoms with van der Waals surface area (Å²) in [5.41, 5.74) is 1.14. The second kappa shape index (κ2) is 5.78. The third-order valence-electron chi connectivity index (χ3n) is 3.62. The highest BCUT2D eigenvalue weighted by Gasteiger charge is 2.23. The van der Waals surface area contributed by atoms with Crippen molar-refractivity contribution in [1.82, 2.24) is 9.55 Å². The zero-order valence-corrected chi connectivity index (χ0v) is 11.7. The Balaban J connectivity index is 2.10. The van der Waals surface area contributed by atoms with E-state index in [4.69, 9.17) is 5.11 Å². The minimum absolute atomic E-state index is 0.0829. The first-order valence-corrected chi connectivity index (χ1v) is 7.45. The number of carboxylic acid groups (broad SMARTS) is 1. The fourth-order valence-corrected chi connectivity index (χ4v) is 3.41. The van der Waals surface area contributed by atoms with E-state index in [0.29, 0.717) is 6.04 Å². The number of imidazole rings is 1. The van der Waals surface area contributed by atoms with Crippen LogP contribution in [0.4, 0.5) is 0 Å². The fraction of sp³-hybridized carbons (Fsp3) is 0.692. The molecule has 1 aliphatic rings. The minimum atomic E-state index is -0.788. The molecule has 0 saturated heterocycles. The van der Waals surface area contributed by atoms with Gasteiger partial charge in [0.2, 0.25) is 0 Å². The highest BCUT2D eigenvalue weighted by molar-refractivity contribution is 7.99. The Morgan fingerprint density at radius 3 is 2.78 bits per heavy atom. The Bertz CT molecular complexity index is 423. The van der Waals surface area contributed by atoms with Crippen LogP contribution in [-0.4, -0.2) is 26.4 Å². The van der Waals surface area contributed by atoms with Gasteiger partial charge in [-0.05, 0) is 38.5 Å². The van der Waals surface area contributed by atoms with Crippen LogP contribution in [0.15, 0.2) is 11.4 Å². The summed E-state index contributed by atoms with van der Waals surface area (Å²) in [5.74, 6) is 0.115. The highest BCUT2D eigenvalue weighted by atomic mass is 32.2. The normalized spacial score (nSPS) is 24.1. The Morgan fingerprint density at radius 1 is 1.50 bits per heavy atom. The molecule has 0 atom stereocenters. The van der Waals surface area contributed by atoms with Crippen molar-refractivity contribution in [3.63, 3.8) is 0 Å². The molecular formula is C13H20N2O2S. The quantitative estimate of drug-likeness (QED) is 0.852. The van der Waals surface area contributed by atoms with Gasteiger partial charge in [0, 0.05) is 17.9 Å². The van der Waals surface area contributed by atoms with E-state index in [1.165, 1.54) is 37.4 Å². The summed E-state index contributed by atoms with van der Waals surface area (Å²) >= 11 is 1.32. The zero-order valence-electron chi connectivity index (χ0n) is 10.9. The van der Waals surface area contributed by atoms with Crippen LogP contribution in [0, 0.1) is 12.8 Å². The second-order valence-electron chi connectivity index (χ2n) is 5.15. The maximum absolute atomic E-state index is 10.7. The van der Waals surface area contributed by atoms with Crippen molar-refractivity contribution in [3.05, 3.63) is 11.9 Å². The van der Waals surface area contributed by atoms with E-state index in [9.17, 15) is 4.79 Å². The topological polar surface area (TPSA) is 55.1 Å². The van der Waals surface area contributed by atoms with Crippen LogP contribution < -0.4 is 0 Å². The smallest absolute Gasteiger partial charge is 0.313 e. The highest BCUT2D eigenvalue weighted by Crippen LogP contribution is 2.35. The lowest BCUT2D eigenvalue weighted by Crippen LogP contribution is -2.18. The van der Waals surface area contributed by atoms with Crippen molar-refractivity contribution < 1.29 is 9.90 Å². The van der Waals surface area contributed by atoms with Crippen LogP contribution in [0.2, 0.25) is 0 Å². The van der Waals surface area contributed by atoms with E-state index < -0.39 is 5.97 Å². The Morgan fingerprint density at radius 2 is 2.17 bits per heavy atom. The lowest BCUT2D eigenvalue weighted by atomic mass is 9.87. The summed E-state index contributed by atoms with van der Waals surface area (Å²) in [6.45, 7) is 4.35. The predicted molar refractivity (Wildman–Crippen MR) is 72.0 cm³/mol.